The molecule has 1 saturated heterocycles. The molecule has 9 heteroatoms. The molecule has 2 fully saturated rings. The number of aromatic amines is 2. The standard InChI is InChI=1S/C23H25ClN4O4/c1-2-32-23(31)17-11-25-20-19(17)16-10-13(5-8-18(16)26-21(20)29)22(30)27(14-6-7-14)12-15-4-3-9-28(15)24/h5,8,10-11,14-15,25H,2-4,6-7,9,12H2,1H3,(H,26,29)/t15-/m0/s1. The molecule has 2 aromatic heterocycles. The molecule has 168 valence electrons. The van der Waals surface area contributed by atoms with Crippen LogP contribution in [-0.4, -0.2) is 62.9 Å². The van der Waals surface area contributed by atoms with Gasteiger partial charge >= 0.3 is 5.97 Å². The molecule has 1 aliphatic heterocycles. The number of carbonyl (C=O) groups is 2. The number of benzene rings is 1. The van der Waals surface area contributed by atoms with E-state index in [1.807, 2.05) is 9.32 Å². The first kappa shape index (κ1) is 21.0. The van der Waals surface area contributed by atoms with E-state index >= 15 is 0 Å². The first-order chi connectivity index (χ1) is 15.5. The monoisotopic (exact) mass is 456 g/mol. The van der Waals surface area contributed by atoms with E-state index in [-0.39, 0.29) is 41.2 Å². The third-order valence-electron chi connectivity index (χ3n) is 6.35. The number of carbonyl (C=O) groups excluding carboxylic acids is 2. The molecule has 1 aliphatic carbocycles. The van der Waals surface area contributed by atoms with Gasteiger partial charge in [-0.2, -0.15) is 0 Å². The lowest BCUT2D eigenvalue weighted by Gasteiger charge is -2.28. The van der Waals surface area contributed by atoms with Gasteiger partial charge in [-0.05, 0) is 62.6 Å². The molecule has 1 atom stereocenters. The molecule has 8 nitrogen and oxygen atoms in total. The summed E-state index contributed by atoms with van der Waals surface area (Å²) < 4.78 is 6.97. The zero-order valence-corrected chi connectivity index (χ0v) is 18.6. The molecule has 0 spiro atoms. The minimum absolute atomic E-state index is 0.0565. The van der Waals surface area contributed by atoms with Gasteiger partial charge < -0.3 is 19.6 Å². The smallest absolute Gasteiger partial charge is 0.340 e. The third kappa shape index (κ3) is 3.67. The lowest BCUT2D eigenvalue weighted by molar-refractivity contribution is 0.0528. The summed E-state index contributed by atoms with van der Waals surface area (Å²) in [5, 5.41) is 1.10. The highest BCUT2D eigenvalue weighted by Crippen LogP contribution is 2.32. The first-order valence-corrected chi connectivity index (χ1v) is 11.4. The van der Waals surface area contributed by atoms with E-state index in [0.29, 0.717) is 28.4 Å². The van der Waals surface area contributed by atoms with Crippen LogP contribution < -0.4 is 5.56 Å². The van der Waals surface area contributed by atoms with Crippen molar-refractivity contribution in [1.29, 1.82) is 0 Å². The number of nitrogens with one attached hydrogen (secondary N) is 2. The number of hydrogen-bond donors (Lipinski definition) is 2. The second kappa shape index (κ2) is 8.26. The number of fused-ring (bicyclic) bond motifs is 3. The van der Waals surface area contributed by atoms with Gasteiger partial charge in [-0.25, -0.2) is 9.21 Å². The number of rotatable bonds is 6. The largest absolute Gasteiger partial charge is 0.462 e. The average Bonchev–Trinajstić information content (AvgIpc) is 3.38. The number of H-pyrrole nitrogens is 2. The summed E-state index contributed by atoms with van der Waals surface area (Å²) >= 11 is 6.33. The van der Waals surface area contributed by atoms with Gasteiger partial charge in [-0.1, -0.05) is 0 Å². The number of ether oxygens (including phenoxy) is 1. The van der Waals surface area contributed by atoms with Crippen molar-refractivity contribution in [2.24, 2.45) is 0 Å². The van der Waals surface area contributed by atoms with Gasteiger partial charge in [0.2, 0.25) is 0 Å². The Kier molecular flexibility index (Phi) is 5.43. The molecule has 32 heavy (non-hydrogen) atoms. The minimum Gasteiger partial charge on any atom is -0.462 e. The van der Waals surface area contributed by atoms with Gasteiger partial charge in [0.05, 0.1) is 12.2 Å². The molecule has 0 unspecified atom stereocenters. The van der Waals surface area contributed by atoms with Crippen molar-refractivity contribution in [1.82, 2.24) is 19.3 Å². The van der Waals surface area contributed by atoms with Crippen LogP contribution in [0.25, 0.3) is 21.8 Å². The molecule has 1 amide bonds. The summed E-state index contributed by atoms with van der Waals surface area (Å²) in [5.41, 5.74) is 1.32. The second-order valence-electron chi connectivity index (χ2n) is 8.50. The first-order valence-electron chi connectivity index (χ1n) is 11.1. The van der Waals surface area contributed by atoms with Gasteiger partial charge in [0, 0.05) is 53.2 Å². The maximum Gasteiger partial charge on any atom is 0.340 e. The fourth-order valence-electron chi connectivity index (χ4n) is 4.59. The van der Waals surface area contributed by atoms with Crippen LogP contribution in [0.3, 0.4) is 0 Å². The van der Waals surface area contributed by atoms with Gasteiger partial charge in [-0.15, -0.1) is 0 Å². The minimum atomic E-state index is -0.509. The Morgan fingerprint density at radius 3 is 2.78 bits per heavy atom. The highest BCUT2D eigenvalue weighted by molar-refractivity contribution is 6.16. The van der Waals surface area contributed by atoms with Gasteiger partial charge in [-0.3, -0.25) is 9.59 Å². The molecule has 3 heterocycles. The second-order valence-corrected chi connectivity index (χ2v) is 8.93. The van der Waals surface area contributed by atoms with E-state index in [1.165, 1.54) is 6.20 Å². The molecule has 1 aromatic carbocycles. The maximum absolute atomic E-state index is 13.5. The molecule has 5 rings (SSSR count). The number of esters is 1. The van der Waals surface area contributed by atoms with Crippen molar-refractivity contribution in [3.05, 3.63) is 45.9 Å². The Morgan fingerprint density at radius 1 is 1.28 bits per heavy atom. The molecule has 0 radical (unpaired) electrons. The highest BCUT2D eigenvalue weighted by atomic mass is 35.5. The SMILES string of the molecule is CCOC(=O)c1c[nH]c2c(=O)[nH]c3ccc(C(=O)N(C[C@@H]4CCCN4Cl)C4CC4)cc3c12. The van der Waals surface area contributed by atoms with Crippen molar-refractivity contribution in [2.45, 2.75) is 44.7 Å². The predicted octanol–water partition coefficient (Wildman–Crippen LogP) is 3.41. The van der Waals surface area contributed by atoms with Crippen LogP contribution in [0.5, 0.6) is 0 Å². The van der Waals surface area contributed by atoms with Gasteiger partial charge in [0.25, 0.3) is 11.5 Å². The van der Waals surface area contributed by atoms with Crippen LogP contribution in [0.4, 0.5) is 0 Å². The summed E-state index contributed by atoms with van der Waals surface area (Å²) in [7, 11) is 0. The number of pyridine rings is 1. The van der Waals surface area contributed by atoms with Crippen LogP contribution >= 0.6 is 11.8 Å². The summed E-state index contributed by atoms with van der Waals surface area (Å²) in [6.45, 7) is 3.40. The highest BCUT2D eigenvalue weighted by Gasteiger charge is 2.36. The van der Waals surface area contributed by atoms with Crippen LogP contribution in [0, 0.1) is 0 Å². The quantitative estimate of drug-likeness (QED) is 0.437. The zero-order chi connectivity index (χ0) is 22.4. The summed E-state index contributed by atoms with van der Waals surface area (Å²) in [6.07, 6.45) is 5.49. The molecular weight excluding hydrogens is 432 g/mol. The van der Waals surface area contributed by atoms with Gasteiger partial charge in [0.15, 0.2) is 0 Å². The van der Waals surface area contributed by atoms with E-state index in [0.717, 1.165) is 32.2 Å². The fraction of sp³-hybridized carbons (Fsp3) is 0.435. The molecule has 0 bridgehead atoms. The van der Waals surface area contributed by atoms with Crippen LogP contribution in [-0.2, 0) is 4.74 Å². The lowest BCUT2D eigenvalue weighted by Crippen LogP contribution is -2.41. The van der Waals surface area contributed by atoms with Crippen molar-refractivity contribution >= 4 is 45.5 Å². The third-order valence-corrected chi connectivity index (χ3v) is 6.79. The normalized spacial score (nSPS) is 19.0. The van der Waals surface area contributed by atoms with Gasteiger partial charge in [0.1, 0.15) is 5.52 Å². The van der Waals surface area contributed by atoms with Crippen LogP contribution in [0.2, 0.25) is 0 Å². The zero-order valence-electron chi connectivity index (χ0n) is 17.8. The summed E-state index contributed by atoms with van der Waals surface area (Å²) in [5.74, 6) is -0.565. The number of aromatic nitrogens is 2. The maximum atomic E-state index is 13.5. The number of hydrogen-bond acceptors (Lipinski definition) is 5. The van der Waals surface area contributed by atoms with E-state index in [4.69, 9.17) is 16.5 Å². The number of amides is 1. The summed E-state index contributed by atoms with van der Waals surface area (Å²) in [6, 6.07) is 5.60. The topological polar surface area (TPSA) is 98.5 Å². The Bertz CT molecular complexity index is 1260. The van der Waals surface area contributed by atoms with Crippen molar-refractivity contribution < 1.29 is 14.3 Å². The Labute approximate surface area is 189 Å². The predicted molar refractivity (Wildman–Crippen MR) is 122 cm³/mol. The fourth-order valence-corrected chi connectivity index (χ4v) is 4.87. The van der Waals surface area contributed by atoms with E-state index < -0.39 is 5.97 Å². The lowest BCUT2D eigenvalue weighted by atomic mass is 10.0. The molecule has 2 N–H and O–H groups in total. The van der Waals surface area contributed by atoms with Crippen LogP contribution in [0.1, 0.15) is 53.3 Å². The van der Waals surface area contributed by atoms with Crippen LogP contribution in [0.15, 0.2) is 29.2 Å². The Morgan fingerprint density at radius 2 is 2.09 bits per heavy atom. The summed E-state index contributed by atoms with van der Waals surface area (Å²) in [4.78, 5) is 46.1. The van der Waals surface area contributed by atoms with E-state index in [2.05, 4.69) is 9.97 Å². The molecule has 2 aliphatic rings. The Hall–Kier alpha value is -2.84. The Balaban J connectivity index is 1.57. The van der Waals surface area contributed by atoms with Crippen molar-refractivity contribution in [2.75, 3.05) is 19.7 Å². The van der Waals surface area contributed by atoms with E-state index in [9.17, 15) is 14.4 Å². The molecule has 1 saturated carbocycles. The van der Waals surface area contributed by atoms with Crippen molar-refractivity contribution in [3.63, 3.8) is 0 Å². The van der Waals surface area contributed by atoms with Crippen molar-refractivity contribution in [3.8, 4) is 0 Å². The molecular formula is C23H25ClN4O4. The van der Waals surface area contributed by atoms with E-state index in [1.54, 1.807) is 25.1 Å². The number of nitrogens with zero attached hydrogens (tertiary/aromatic N) is 2. The molecule has 3 aromatic rings. The number of halogens is 1. The average molecular weight is 457 g/mol.